The average molecular weight is 864 g/mol. The van der Waals surface area contributed by atoms with Crippen LogP contribution >= 0.6 is 0 Å². The largest absolute Gasteiger partial charge is 0.544 e. The van der Waals surface area contributed by atoms with Gasteiger partial charge >= 0.3 is 11.9 Å². The summed E-state index contributed by atoms with van der Waals surface area (Å²) in [6.45, 7) is 4.38. The molecule has 0 aliphatic carbocycles. The van der Waals surface area contributed by atoms with Crippen LogP contribution < -0.4 is 5.11 Å². The molecule has 0 aromatic heterocycles. The minimum Gasteiger partial charge on any atom is -0.544 e. The molecular formula is C54H89NO7. The highest BCUT2D eigenvalue weighted by molar-refractivity contribution is 5.70. The van der Waals surface area contributed by atoms with Gasteiger partial charge in [-0.3, -0.25) is 9.59 Å². The number of aliphatic carboxylic acids is 1. The van der Waals surface area contributed by atoms with Crippen LogP contribution in [0.15, 0.2) is 97.2 Å². The van der Waals surface area contributed by atoms with Crippen LogP contribution in [0, 0.1) is 0 Å². The van der Waals surface area contributed by atoms with Crippen LogP contribution in [0.4, 0.5) is 0 Å². The van der Waals surface area contributed by atoms with E-state index in [0.29, 0.717) is 12.8 Å². The second-order valence-corrected chi connectivity index (χ2v) is 16.9. The molecule has 0 N–H and O–H groups in total. The molecular weight excluding hydrogens is 775 g/mol. The Balaban J connectivity index is 4.33. The third-order valence-corrected chi connectivity index (χ3v) is 10.2. The maximum Gasteiger partial charge on any atom is 0.306 e. The molecule has 0 bridgehead atoms. The Kier molecular flexibility index (Phi) is 41.2. The molecule has 0 rings (SSSR count). The van der Waals surface area contributed by atoms with E-state index in [4.69, 9.17) is 14.2 Å². The topological polar surface area (TPSA) is 102 Å². The van der Waals surface area contributed by atoms with E-state index in [1.807, 2.05) is 0 Å². The summed E-state index contributed by atoms with van der Waals surface area (Å²) in [6, 6.07) is -0.738. The zero-order valence-electron chi connectivity index (χ0n) is 40.0. The van der Waals surface area contributed by atoms with E-state index in [9.17, 15) is 19.5 Å². The van der Waals surface area contributed by atoms with E-state index < -0.39 is 18.1 Å². The van der Waals surface area contributed by atoms with Crippen molar-refractivity contribution in [2.24, 2.45) is 0 Å². The van der Waals surface area contributed by atoms with Gasteiger partial charge in [0.15, 0.2) is 6.10 Å². The molecule has 62 heavy (non-hydrogen) atoms. The molecule has 0 spiro atoms. The van der Waals surface area contributed by atoms with Crippen LogP contribution in [-0.2, 0) is 28.6 Å². The molecule has 0 fully saturated rings. The summed E-state index contributed by atoms with van der Waals surface area (Å²) in [5.74, 6) is -1.79. The number of hydrogen-bond acceptors (Lipinski definition) is 7. The molecule has 0 aromatic rings. The molecule has 0 aliphatic heterocycles. The number of quaternary nitrogens is 1. The lowest BCUT2D eigenvalue weighted by atomic mass is 10.1. The fourth-order valence-electron chi connectivity index (χ4n) is 6.52. The number of rotatable bonds is 42. The molecule has 0 aromatic carbocycles. The van der Waals surface area contributed by atoms with Gasteiger partial charge in [-0.05, 0) is 89.9 Å². The molecule has 0 saturated carbocycles. The zero-order valence-corrected chi connectivity index (χ0v) is 40.0. The minimum atomic E-state index is -1.14. The van der Waals surface area contributed by atoms with Crippen LogP contribution in [0.25, 0.3) is 0 Å². The number of carboxylic acid groups (broad SMARTS) is 1. The van der Waals surface area contributed by atoms with Crippen molar-refractivity contribution >= 4 is 17.9 Å². The van der Waals surface area contributed by atoms with Gasteiger partial charge in [0.25, 0.3) is 0 Å². The summed E-state index contributed by atoms with van der Waals surface area (Å²) in [6.07, 6.45) is 58.6. The van der Waals surface area contributed by atoms with Gasteiger partial charge in [0.1, 0.15) is 12.6 Å². The van der Waals surface area contributed by atoms with E-state index >= 15 is 0 Å². The number of hydrogen-bond donors (Lipinski definition) is 0. The highest BCUT2D eigenvalue weighted by Gasteiger charge is 2.25. The zero-order chi connectivity index (χ0) is 45.6. The molecule has 0 heterocycles. The molecule has 0 amide bonds. The van der Waals surface area contributed by atoms with Crippen LogP contribution in [0.3, 0.4) is 0 Å². The van der Waals surface area contributed by atoms with E-state index in [-0.39, 0.29) is 49.1 Å². The average Bonchev–Trinajstić information content (AvgIpc) is 3.23. The SMILES string of the molecule is CC/C=C/C/C=C/C/C=C/C/C=C/CCCCCCCCCCCC(=O)OCC(COCCC(C(=O)[O-])[N+](C)(C)C)OC(=O)CCCCC/C=C/C/C=C/C/C=C/C/C=C/CC. The number of carbonyl (C=O) groups excluding carboxylic acids is 3. The van der Waals surface area contributed by atoms with Crippen molar-refractivity contribution in [3.8, 4) is 0 Å². The lowest BCUT2D eigenvalue weighted by Crippen LogP contribution is -2.55. The third kappa shape index (κ3) is 41.6. The smallest absolute Gasteiger partial charge is 0.306 e. The second kappa shape index (κ2) is 43.9. The first-order valence-electron chi connectivity index (χ1n) is 24.3. The van der Waals surface area contributed by atoms with Gasteiger partial charge < -0.3 is 28.6 Å². The maximum atomic E-state index is 12.7. The molecule has 8 nitrogen and oxygen atoms in total. The fourth-order valence-corrected chi connectivity index (χ4v) is 6.52. The normalized spacial score (nSPS) is 13.8. The second-order valence-electron chi connectivity index (χ2n) is 16.9. The number of nitrogens with zero attached hydrogens (tertiary/aromatic N) is 1. The van der Waals surface area contributed by atoms with Gasteiger partial charge in [0.05, 0.1) is 40.3 Å². The van der Waals surface area contributed by atoms with Gasteiger partial charge in [-0.1, -0.05) is 162 Å². The first-order valence-corrected chi connectivity index (χ1v) is 24.3. The number of carbonyl (C=O) groups is 3. The standard InChI is InChI=1S/C54H89NO7/c1-6-8-10-12-14-16-18-20-22-24-25-26-27-28-29-31-32-34-36-38-40-42-44-52(56)61-49-50(48-60-47-46-51(54(58)59)55(3,4)5)62-53(57)45-43-41-39-37-35-33-30-23-21-19-17-15-13-11-9-7-2/h8-11,14-17,20-23,25-26,33,35,50-51H,6-7,12-13,18-19,24,27-32,34,36-49H2,1-5H3/b10-8+,11-9+,16-14+,17-15+,22-20+,23-21+,26-25+,35-33+. The van der Waals surface area contributed by atoms with E-state index in [1.165, 1.54) is 38.5 Å². The monoisotopic (exact) mass is 864 g/mol. The van der Waals surface area contributed by atoms with Gasteiger partial charge in [0.2, 0.25) is 0 Å². The van der Waals surface area contributed by atoms with Crippen molar-refractivity contribution in [3.05, 3.63) is 97.2 Å². The Bertz CT molecular complexity index is 1330. The quantitative estimate of drug-likeness (QED) is 0.0261. The van der Waals surface area contributed by atoms with Crippen LogP contribution in [0.1, 0.15) is 174 Å². The first kappa shape index (κ1) is 58.2. The van der Waals surface area contributed by atoms with Crippen molar-refractivity contribution in [2.75, 3.05) is 41.0 Å². The Morgan fingerprint density at radius 3 is 1.27 bits per heavy atom. The Labute approximate surface area is 379 Å². The van der Waals surface area contributed by atoms with Gasteiger partial charge in [-0.2, -0.15) is 0 Å². The lowest BCUT2D eigenvalue weighted by Gasteiger charge is -2.34. The molecule has 0 saturated heterocycles. The van der Waals surface area contributed by atoms with Crippen LogP contribution in [-0.4, -0.2) is 75.5 Å². The summed E-state index contributed by atoms with van der Waals surface area (Å²) in [5, 5.41) is 11.6. The van der Waals surface area contributed by atoms with Crippen molar-refractivity contribution < 1.29 is 38.2 Å². The van der Waals surface area contributed by atoms with Gasteiger partial charge in [-0.25, -0.2) is 0 Å². The highest BCUT2D eigenvalue weighted by atomic mass is 16.6. The number of ether oxygens (including phenoxy) is 3. The Morgan fingerprint density at radius 1 is 0.484 bits per heavy atom. The summed E-state index contributed by atoms with van der Waals surface area (Å²) >= 11 is 0. The number of esters is 2. The van der Waals surface area contributed by atoms with Crippen molar-refractivity contribution in [1.29, 1.82) is 0 Å². The summed E-state index contributed by atoms with van der Waals surface area (Å²) in [4.78, 5) is 37.0. The summed E-state index contributed by atoms with van der Waals surface area (Å²) in [7, 11) is 5.39. The number of unbranched alkanes of at least 4 members (excludes halogenated alkanes) is 12. The summed E-state index contributed by atoms with van der Waals surface area (Å²) < 4.78 is 17.2. The van der Waals surface area contributed by atoms with Gasteiger partial charge in [-0.15, -0.1) is 0 Å². The molecule has 2 atom stereocenters. The molecule has 2 unspecified atom stereocenters. The van der Waals surface area contributed by atoms with E-state index in [1.54, 1.807) is 21.1 Å². The molecule has 8 heteroatoms. The Hall–Kier alpha value is -3.75. The Morgan fingerprint density at radius 2 is 0.855 bits per heavy atom. The predicted molar refractivity (Wildman–Crippen MR) is 258 cm³/mol. The minimum absolute atomic E-state index is 0.0200. The van der Waals surface area contributed by atoms with Crippen LogP contribution in [0.5, 0.6) is 0 Å². The number of carboxylic acids is 1. The molecule has 352 valence electrons. The fraction of sp³-hybridized carbons (Fsp3) is 0.648. The van der Waals surface area contributed by atoms with Crippen LogP contribution in [0.2, 0.25) is 0 Å². The summed E-state index contributed by atoms with van der Waals surface area (Å²) in [5.41, 5.74) is 0. The number of allylic oxidation sites excluding steroid dienone is 16. The van der Waals surface area contributed by atoms with Crippen molar-refractivity contribution in [3.63, 3.8) is 0 Å². The first-order chi connectivity index (χ1) is 30.1. The van der Waals surface area contributed by atoms with E-state index in [0.717, 1.165) is 96.3 Å². The van der Waals surface area contributed by atoms with Crippen molar-refractivity contribution in [2.45, 2.75) is 187 Å². The molecule has 0 radical (unpaired) electrons. The molecule has 0 aliphatic rings. The van der Waals surface area contributed by atoms with Crippen molar-refractivity contribution in [1.82, 2.24) is 0 Å². The number of likely N-dealkylation sites (N-methyl/N-ethyl adjacent to an activating group) is 1. The van der Waals surface area contributed by atoms with E-state index in [2.05, 4.69) is 111 Å². The van der Waals surface area contributed by atoms with Gasteiger partial charge in [0, 0.05) is 19.3 Å². The maximum absolute atomic E-state index is 12.7. The highest BCUT2D eigenvalue weighted by Crippen LogP contribution is 2.13. The lowest BCUT2D eigenvalue weighted by molar-refractivity contribution is -0.889. The predicted octanol–water partition coefficient (Wildman–Crippen LogP) is 12.5. The third-order valence-electron chi connectivity index (χ3n) is 10.2.